The van der Waals surface area contributed by atoms with Crippen LogP contribution in [0, 0.1) is 0 Å². The second kappa shape index (κ2) is 2.66. The minimum atomic E-state index is 0.842. The van der Waals surface area contributed by atoms with Crippen LogP contribution in [-0.2, 0) is 0 Å². The van der Waals surface area contributed by atoms with E-state index in [9.17, 15) is 0 Å². The standard InChI is InChI=1S/C9H5N5/c1-2-8-9(11-5-10-8)7-4-13-14-12-3-6(1)7/h1-5H. The summed E-state index contributed by atoms with van der Waals surface area (Å²) in [5.74, 6) is 0. The third-order valence-electron chi connectivity index (χ3n) is 2.10. The van der Waals surface area contributed by atoms with Gasteiger partial charge in [0.15, 0.2) is 0 Å². The molecular weight excluding hydrogens is 178 g/mol. The van der Waals surface area contributed by atoms with Gasteiger partial charge >= 0.3 is 0 Å². The van der Waals surface area contributed by atoms with Gasteiger partial charge in [-0.3, -0.25) is 0 Å². The maximum Gasteiger partial charge on any atom is 0.116 e. The summed E-state index contributed by atoms with van der Waals surface area (Å²) in [7, 11) is 0. The molecule has 2 heterocycles. The van der Waals surface area contributed by atoms with Crippen LogP contribution in [0.5, 0.6) is 0 Å². The number of hydrogen-bond acceptors (Lipinski definition) is 5. The van der Waals surface area contributed by atoms with Crippen molar-refractivity contribution in [2.45, 2.75) is 0 Å². The van der Waals surface area contributed by atoms with Gasteiger partial charge in [-0.25, -0.2) is 9.97 Å². The summed E-state index contributed by atoms with van der Waals surface area (Å²) in [5, 5.41) is 13.0. The summed E-state index contributed by atoms with van der Waals surface area (Å²) >= 11 is 0. The number of fused-ring (bicyclic) bond motifs is 3. The van der Waals surface area contributed by atoms with Crippen LogP contribution in [0.15, 0.2) is 30.9 Å². The van der Waals surface area contributed by atoms with Gasteiger partial charge in [-0.05, 0) is 11.3 Å². The van der Waals surface area contributed by atoms with E-state index in [0.29, 0.717) is 0 Å². The molecule has 0 radical (unpaired) electrons. The quantitative estimate of drug-likeness (QED) is 0.519. The molecule has 0 fully saturated rings. The zero-order valence-corrected chi connectivity index (χ0v) is 7.12. The van der Waals surface area contributed by atoms with Gasteiger partial charge in [0.25, 0.3) is 0 Å². The van der Waals surface area contributed by atoms with Gasteiger partial charge < -0.3 is 0 Å². The fourth-order valence-electron chi connectivity index (χ4n) is 1.45. The van der Waals surface area contributed by atoms with E-state index in [4.69, 9.17) is 0 Å². The van der Waals surface area contributed by atoms with E-state index in [1.54, 1.807) is 12.4 Å². The van der Waals surface area contributed by atoms with Gasteiger partial charge in [0.05, 0.1) is 17.9 Å². The van der Waals surface area contributed by atoms with Gasteiger partial charge in [0.1, 0.15) is 11.8 Å². The molecule has 66 valence electrons. The van der Waals surface area contributed by atoms with Crippen LogP contribution in [0.3, 0.4) is 0 Å². The van der Waals surface area contributed by atoms with Crippen molar-refractivity contribution >= 4 is 21.8 Å². The van der Waals surface area contributed by atoms with Crippen molar-refractivity contribution in [3.05, 3.63) is 30.9 Å². The van der Waals surface area contributed by atoms with Crippen LogP contribution in [0.2, 0.25) is 0 Å². The molecule has 3 rings (SSSR count). The summed E-state index contributed by atoms with van der Waals surface area (Å²) in [4.78, 5) is 8.28. The highest BCUT2D eigenvalue weighted by Crippen LogP contribution is 2.19. The van der Waals surface area contributed by atoms with Crippen molar-refractivity contribution in [1.29, 1.82) is 0 Å². The molecule has 0 aliphatic rings. The molecular formula is C9H5N5. The molecule has 5 heteroatoms. The zero-order chi connectivity index (χ0) is 9.38. The zero-order valence-electron chi connectivity index (χ0n) is 7.12. The lowest BCUT2D eigenvalue weighted by molar-refractivity contribution is 0.893. The van der Waals surface area contributed by atoms with Crippen LogP contribution in [-0.4, -0.2) is 25.4 Å². The first-order valence-corrected chi connectivity index (χ1v) is 4.12. The van der Waals surface area contributed by atoms with E-state index in [0.717, 1.165) is 21.8 Å². The third-order valence-corrected chi connectivity index (χ3v) is 2.10. The first kappa shape index (κ1) is 7.25. The summed E-state index contributed by atoms with van der Waals surface area (Å²) in [6.07, 6.45) is 4.85. The van der Waals surface area contributed by atoms with E-state index in [1.807, 2.05) is 12.1 Å². The lowest BCUT2D eigenvalue weighted by atomic mass is 10.2. The number of aromatic nitrogens is 5. The third kappa shape index (κ3) is 0.922. The van der Waals surface area contributed by atoms with Gasteiger partial charge in [-0.2, -0.15) is 0 Å². The average Bonchev–Trinajstić information content (AvgIpc) is 2.55. The summed E-state index contributed by atoms with van der Waals surface area (Å²) in [6.45, 7) is 0. The van der Waals surface area contributed by atoms with E-state index >= 15 is 0 Å². The second-order valence-electron chi connectivity index (χ2n) is 2.89. The number of imidazole rings is 1. The van der Waals surface area contributed by atoms with Crippen LogP contribution in [0.25, 0.3) is 21.8 Å². The molecule has 0 atom stereocenters. The predicted octanol–water partition coefficient (Wildman–Crippen LogP) is 0.968. The smallest absolute Gasteiger partial charge is 0.116 e. The van der Waals surface area contributed by atoms with Crippen LogP contribution < -0.4 is 0 Å². The molecule has 0 N–H and O–H groups in total. The van der Waals surface area contributed by atoms with E-state index in [2.05, 4.69) is 25.4 Å². The molecule has 0 spiro atoms. The van der Waals surface area contributed by atoms with Crippen molar-refractivity contribution in [3.63, 3.8) is 0 Å². The first-order chi connectivity index (χ1) is 6.95. The molecule has 14 heavy (non-hydrogen) atoms. The van der Waals surface area contributed by atoms with Gasteiger partial charge in [0, 0.05) is 10.8 Å². The fourth-order valence-corrected chi connectivity index (χ4v) is 1.45. The number of hydrogen-bond donors (Lipinski definition) is 0. The minimum absolute atomic E-state index is 0.842. The first-order valence-electron chi connectivity index (χ1n) is 4.12. The molecule has 0 amide bonds. The fraction of sp³-hybridized carbons (Fsp3) is 0. The lowest BCUT2D eigenvalue weighted by Crippen LogP contribution is -1.73. The van der Waals surface area contributed by atoms with E-state index in [-0.39, 0.29) is 0 Å². The topological polar surface area (TPSA) is 64.5 Å². The Morgan fingerprint density at radius 2 is 1.86 bits per heavy atom. The van der Waals surface area contributed by atoms with Gasteiger partial charge in [-0.15, -0.1) is 10.2 Å². The van der Waals surface area contributed by atoms with Crippen LogP contribution in [0.4, 0.5) is 0 Å². The number of rotatable bonds is 0. The predicted molar refractivity (Wildman–Crippen MR) is 50.4 cm³/mol. The Kier molecular flexibility index (Phi) is 1.38. The van der Waals surface area contributed by atoms with Crippen molar-refractivity contribution in [2.24, 2.45) is 0 Å². The summed E-state index contributed by atoms with van der Waals surface area (Å²) in [5.41, 5.74) is 1.71. The molecule has 5 nitrogen and oxygen atoms in total. The minimum Gasteiger partial charge on any atom is -0.235 e. The Morgan fingerprint density at radius 1 is 0.929 bits per heavy atom. The number of nitrogens with zero attached hydrogens (tertiary/aromatic N) is 5. The molecule has 0 aliphatic carbocycles. The Labute approximate surface area is 78.8 Å². The van der Waals surface area contributed by atoms with Gasteiger partial charge in [0.2, 0.25) is 0 Å². The van der Waals surface area contributed by atoms with Crippen molar-refractivity contribution in [2.75, 3.05) is 0 Å². The summed E-state index contributed by atoms with van der Waals surface area (Å²) in [6, 6.07) is 3.84. The molecule has 0 aliphatic heterocycles. The highest BCUT2D eigenvalue weighted by atomic mass is 15.3. The van der Waals surface area contributed by atoms with Crippen molar-refractivity contribution in [3.8, 4) is 0 Å². The molecule has 3 aromatic rings. The van der Waals surface area contributed by atoms with Crippen LogP contribution in [0.1, 0.15) is 0 Å². The molecule has 1 aromatic carbocycles. The average molecular weight is 183 g/mol. The lowest BCUT2D eigenvalue weighted by Gasteiger charge is -1.90. The molecule has 0 saturated heterocycles. The monoisotopic (exact) mass is 183 g/mol. The largest absolute Gasteiger partial charge is 0.235 e. The SMILES string of the molecule is c1nc2ccc3cnnncc3c2n1. The van der Waals surface area contributed by atoms with Crippen molar-refractivity contribution < 1.29 is 0 Å². The van der Waals surface area contributed by atoms with Crippen molar-refractivity contribution in [1.82, 2.24) is 25.4 Å². The van der Waals surface area contributed by atoms with E-state index in [1.165, 1.54) is 6.33 Å². The highest BCUT2D eigenvalue weighted by molar-refractivity contribution is 6.02. The maximum absolute atomic E-state index is 4.17. The highest BCUT2D eigenvalue weighted by Gasteiger charge is 2.01. The van der Waals surface area contributed by atoms with Crippen LogP contribution >= 0.6 is 0 Å². The molecule has 2 aromatic heterocycles. The Morgan fingerprint density at radius 3 is 2.86 bits per heavy atom. The normalized spacial score (nSPS) is 10.9. The van der Waals surface area contributed by atoms with E-state index < -0.39 is 0 Å². The number of benzene rings is 1. The Hall–Kier alpha value is -2.17. The molecule has 0 bridgehead atoms. The summed E-state index contributed by atoms with van der Waals surface area (Å²) < 4.78 is 0. The molecule has 0 unspecified atom stereocenters. The van der Waals surface area contributed by atoms with Gasteiger partial charge in [-0.1, -0.05) is 6.07 Å². The second-order valence-corrected chi connectivity index (χ2v) is 2.89. The Balaban J connectivity index is 2.64. The Bertz CT molecular complexity index is 607. The molecule has 0 saturated carbocycles. The maximum atomic E-state index is 4.17.